The average molecular weight is 875 g/mol. The van der Waals surface area contributed by atoms with Crippen LogP contribution >= 0.6 is 11.8 Å². The van der Waals surface area contributed by atoms with E-state index in [1.807, 2.05) is 0 Å². The average Bonchev–Trinajstić information content (AvgIpc) is 3.66. The van der Waals surface area contributed by atoms with Gasteiger partial charge in [-0.2, -0.15) is 11.8 Å². The second kappa shape index (κ2) is 25.9. The smallest absolute Gasteiger partial charge is 0.326 e. The first-order valence-electron chi connectivity index (χ1n) is 19.2. The van der Waals surface area contributed by atoms with E-state index in [1.54, 1.807) is 20.1 Å². The molecule has 1 heterocycles. The van der Waals surface area contributed by atoms with E-state index in [0.29, 0.717) is 12.2 Å². The van der Waals surface area contributed by atoms with Gasteiger partial charge in [-0.1, -0.05) is 27.7 Å². The van der Waals surface area contributed by atoms with Crippen LogP contribution in [0.2, 0.25) is 0 Å². The van der Waals surface area contributed by atoms with Crippen molar-refractivity contribution in [3.05, 3.63) is 0 Å². The van der Waals surface area contributed by atoms with Gasteiger partial charge in [0.15, 0.2) is 0 Å². The highest BCUT2D eigenvalue weighted by Crippen LogP contribution is 2.18. The lowest BCUT2D eigenvalue weighted by atomic mass is 9.98. The molecule has 0 aromatic carbocycles. The summed E-state index contributed by atoms with van der Waals surface area (Å²) in [5.74, 6) is -12.9. The molecule has 1 saturated heterocycles. The fraction of sp³-hybridized carbons (Fsp3) is 0.694. The normalized spacial score (nSPS) is 16.6. The highest BCUT2D eigenvalue weighted by molar-refractivity contribution is 7.98. The number of hydrogen-bond acceptors (Lipinski definition) is 13. The molecule has 24 heteroatoms. The molecule has 7 atom stereocenters. The maximum atomic E-state index is 13.7. The molecule has 1 aliphatic heterocycles. The van der Waals surface area contributed by atoms with Crippen LogP contribution in [-0.2, 0) is 52.7 Å². The predicted octanol–water partition coefficient (Wildman–Crippen LogP) is -2.80. The van der Waals surface area contributed by atoms with Gasteiger partial charge >= 0.3 is 23.9 Å². The van der Waals surface area contributed by atoms with E-state index in [2.05, 4.69) is 31.9 Å². The first kappa shape index (κ1) is 52.5. The second-order valence-electron chi connectivity index (χ2n) is 14.7. The predicted molar refractivity (Wildman–Crippen MR) is 212 cm³/mol. The van der Waals surface area contributed by atoms with Crippen LogP contribution in [0, 0.1) is 11.8 Å². The molecule has 0 spiro atoms. The minimum absolute atomic E-state index is 0.00112. The summed E-state index contributed by atoms with van der Waals surface area (Å²) in [4.78, 5) is 140. The molecule has 60 heavy (non-hydrogen) atoms. The van der Waals surface area contributed by atoms with Crippen molar-refractivity contribution in [2.24, 2.45) is 17.6 Å². The molecule has 12 N–H and O–H groups in total. The van der Waals surface area contributed by atoms with Gasteiger partial charge in [0, 0.05) is 19.4 Å². The molecule has 1 aliphatic rings. The summed E-state index contributed by atoms with van der Waals surface area (Å²) in [7, 11) is 0. The van der Waals surface area contributed by atoms with Gasteiger partial charge in [0.05, 0.1) is 13.0 Å². The third-order valence-corrected chi connectivity index (χ3v) is 9.98. The number of carbonyl (C=O) groups is 11. The molecule has 0 aromatic rings. The second-order valence-corrected chi connectivity index (χ2v) is 15.7. The Bertz CT molecular complexity index is 1600. The van der Waals surface area contributed by atoms with Gasteiger partial charge in [-0.25, -0.2) is 4.79 Å². The van der Waals surface area contributed by atoms with E-state index in [0.717, 1.165) is 0 Å². The number of nitrogens with zero attached hydrogens (tertiary/aromatic N) is 1. The van der Waals surface area contributed by atoms with Crippen LogP contribution in [0.1, 0.15) is 79.1 Å². The lowest BCUT2D eigenvalue weighted by Gasteiger charge is -2.30. The Morgan fingerprint density at radius 3 is 1.50 bits per heavy atom. The fourth-order valence-electron chi connectivity index (χ4n) is 6.05. The summed E-state index contributed by atoms with van der Waals surface area (Å²) >= 11 is 1.30. The van der Waals surface area contributed by atoms with Gasteiger partial charge in [-0.15, -0.1) is 0 Å². The molecule has 0 aliphatic carbocycles. The molecular formula is C36H58N8O15S. The van der Waals surface area contributed by atoms with E-state index >= 15 is 0 Å². The first-order valence-corrected chi connectivity index (χ1v) is 20.6. The Balaban J connectivity index is 3.30. The van der Waals surface area contributed by atoms with Crippen LogP contribution < -0.4 is 37.6 Å². The zero-order valence-corrected chi connectivity index (χ0v) is 35.0. The van der Waals surface area contributed by atoms with Crippen LogP contribution in [0.15, 0.2) is 0 Å². The van der Waals surface area contributed by atoms with Crippen molar-refractivity contribution in [2.75, 3.05) is 25.1 Å². The van der Waals surface area contributed by atoms with Gasteiger partial charge in [0.1, 0.15) is 42.3 Å². The lowest BCUT2D eigenvalue weighted by molar-refractivity contribution is -0.147. The third kappa shape index (κ3) is 17.8. The standard InChI is InChI=1S/C36H58N8O15S/c1-17(2)28(34(56)40-21(12-14-60-5)31(53)41-22(36(58)59)15-27(50)51)43-35(57)29(18(3)4)42-32(54)20(9-11-26(48)49)38-30(52)19(8-10-25(46)47)39-33(55)23-7-6-13-44(23)24(45)16-37/h17-23,28-29H,6-16,37H2,1-5H3,(H,38,52)(H,39,55)(H,40,56)(H,41,53)(H,42,54)(H,43,57)(H,46,47)(H,48,49)(H,50,51)(H,58,59)/t19-,20-,21-,22-,23-,28-,29-/m0/s1. The van der Waals surface area contributed by atoms with Gasteiger partial charge in [0.25, 0.3) is 0 Å². The molecule has 0 aromatic heterocycles. The summed E-state index contributed by atoms with van der Waals surface area (Å²) in [5.41, 5.74) is 5.45. The molecule has 338 valence electrons. The zero-order valence-electron chi connectivity index (χ0n) is 34.2. The van der Waals surface area contributed by atoms with Gasteiger partial charge in [-0.3, -0.25) is 47.9 Å². The summed E-state index contributed by atoms with van der Waals surface area (Å²) in [6.07, 6.45) is -0.726. The number of hydrogen-bond donors (Lipinski definition) is 11. The van der Waals surface area contributed by atoms with E-state index in [1.165, 1.54) is 30.5 Å². The number of rotatable bonds is 27. The number of nitrogens with two attached hydrogens (primary N) is 1. The molecule has 0 unspecified atom stereocenters. The molecule has 0 bridgehead atoms. The zero-order chi connectivity index (χ0) is 45.9. The number of carboxylic acid groups (broad SMARTS) is 4. The number of thioether (sulfide) groups is 1. The highest BCUT2D eigenvalue weighted by Gasteiger charge is 2.38. The van der Waals surface area contributed by atoms with E-state index in [-0.39, 0.29) is 25.9 Å². The van der Waals surface area contributed by atoms with Crippen LogP contribution in [0.3, 0.4) is 0 Å². The van der Waals surface area contributed by atoms with Crippen molar-refractivity contribution in [1.82, 2.24) is 36.8 Å². The van der Waals surface area contributed by atoms with Crippen molar-refractivity contribution < 1.29 is 73.2 Å². The third-order valence-electron chi connectivity index (χ3n) is 9.34. The molecule has 1 fully saturated rings. The highest BCUT2D eigenvalue weighted by atomic mass is 32.2. The van der Waals surface area contributed by atoms with Crippen molar-refractivity contribution in [3.8, 4) is 0 Å². The summed E-state index contributed by atoms with van der Waals surface area (Å²) in [6.45, 7) is 6.06. The Morgan fingerprint density at radius 2 is 1.05 bits per heavy atom. The number of aliphatic carboxylic acids is 4. The fourth-order valence-corrected chi connectivity index (χ4v) is 6.52. The summed E-state index contributed by atoms with van der Waals surface area (Å²) in [5, 5.41) is 51.5. The number of amides is 7. The van der Waals surface area contributed by atoms with Crippen molar-refractivity contribution >= 4 is 77.0 Å². The van der Waals surface area contributed by atoms with Crippen LogP contribution in [0.4, 0.5) is 0 Å². The van der Waals surface area contributed by atoms with Gasteiger partial charge in [0.2, 0.25) is 41.4 Å². The van der Waals surface area contributed by atoms with Crippen molar-refractivity contribution in [1.29, 1.82) is 0 Å². The monoisotopic (exact) mass is 874 g/mol. The maximum absolute atomic E-state index is 13.7. The molecule has 1 rings (SSSR count). The van der Waals surface area contributed by atoms with Gasteiger partial charge < -0.3 is 63.0 Å². The van der Waals surface area contributed by atoms with Crippen LogP contribution in [-0.4, -0.2) is 158 Å². The molecule has 23 nitrogen and oxygen atoms in total. The molecular weight excluding hydrogens is 817 g/mol. The Morgan fingerprint density at radius 1 is 0.617 bits per heavy atom. The van der Waals surface area contributed by atoms with Crippen LogP contribution in [0.25, 0.3) is 0 Å². The Labute approximate surface area is 350 Å². The summed E-state index contributed by atoms with van der Waals surface area (Å²) < 4.78 is 0. The Kier molecular flexibility index (Phi) is 22.6. The first-order chi connectivity index (χ1) is 28.0. The van der Waals surface area contributed by atoms with E-state index < -0.39 is 151 Å². The van der Waals surface area contributed by atoms with Crippen molar-refractivity contribution in [3.63, 3.8) is 0 Å². The molecule has 0 saturated carbocycles. The largest absolute Gasteiger partial charge is 0.481 e. The minimum Gasteiger partial charge on any atom is -0.481 e. The number of carboxylic acids is 4. The Hall–Kier alpha value is -5.52. The minimum atomic E-state index is -1.80. The molecule has 7 amide bonds. The van der Waals surface area contributed by atoms with Gasteiger partial charge in [-0.05, 0) is 55.9 Å². The van der Waals surface area contributed by atoms with Crippen LogP contribution in [0.5, 0.6) is 0 Å². The SMILES string of the molecule is CSCC[C@H](NC(=O)[C@@H](NC(=O)[C@@H](NC(=O)[C@H](CCC(=O)O)NC(=O)[C@H](CCC(=O)O)NC(=O)[C@@H]1CCCN1C(=O)CN)C(C)C)C(C)C)C(=O)N[C@@H](CC(=O)O)C(=O)O. The summed E-state index contributed by atoms with van der Waals surface area (Å²) in [6, 6.07) is -10.1. The van der Waals surface area contributed by atoms with Crippen molar-refractivity contribution in [2.45, 2.75) is 121 Å². The lowest BCUT2D eigenvalue weighted by Crippen LogP contribution is -2.61. The topological polar surface area (TPSA) is 370 Å². The number of likely N-dealkylation sites (tertiary alicyclic amines) is 1. The maximum Gasteiger partial charge on any atom is 0.326 e. The number of nitrogens with one attached hydrogen (secondary N) is 6. The molecule has 0 radical (unpaired) electrons. The quantitative estimate of drug-likeness (QED) is 0.0397. The number of carbonyl (C=O) groups excluding carboxylic acids is 7. The van der Waals surface area contributed by atoms with E-state index in [4.69, 9.17) is 10.8 Å². The van der Waals surface area contributed by atoms with E-state index in [9.17, 15) is 68.1 Å².